The highest BCUT2D eigenvalue weighted by atomic mass is 14.3. The lowest BCUT2D eigenvalue weighted by atomic mass is 9.69. The number of rotatable bonds is 7. The quantitative estimate of drug-likeness (QED) is 0.412. The van der Waals surface area contributed by atoms with Crippen LogP contribution in [0.2, 0.25) is 0 Å². The fourth-order valence-corrected chi connectivity index (χ4v) is 5.65. The first-order chi connectivity index (χ1) is 13.0. The molecule has 0 aromatic heterocycles. The van der Waals surface area contributed by atoms with Crippen molar-refractivity contribution < 1.29 is 0 Å². The zero-order valence-electron chi connectivity index (χ0n) is 20.7. The Balaban J connectivity index is 0.000000469. The topological polar surface area (TPSA) is 0 Å². The average molecular weight is 381 g/mol. The molecule has 0 aliphatic heterocycles. The minimum Gasteiger partial charge on any atom is -0.0683 e. The lowest BCUT2D eigenvalue weighted by molar-refractivity contribution is 0.139. The van der Waals surface area contributed by atoms with Gasteiger partial charge in [-0.15, -0.1) is 0 Å². The van der Waals surface area contributed by atoms with E-state index in [-0.39, 0.29) is 0 Å². The predicted molar refractivity (Wildman–Crippen MR) is 126 cm³/mol. The molecule has 3 atom stereocenters. The number of hydrogen-bond acceptors (Lipinski definition) is 0. The van der Waals surface area contributed by atoms with Crippen molar-refractivity contribution in [2.75, 3.05) is 0 Å². The maximum absolute atomic E-state index is 2.44. The van der Waals surface area contributed by atoms with E-state index in [1.807, 2.05) is 13.8 Å². The van der Waals surface area contributed by atoms with Crippen molar-refractivity contribution in [3.8, 4) is 0 Å². The van der Waals surface area contributed by atoms with Gasteiger partial charge in [0, 0.05) is 0 Å². The van der Waals surface area contributed by atoms with Crippen LogP contribution in [0.3, 0.4) is 0 Å². The Morgan fingerprint density at radius 3 is 1.74 bits per heavy atom. The number of hydrogen-bond donors (Lipinski definition) is 0. The predicted octanol–water partition coefficient (Wildman–Crippen LogP) is 9.91. The first kappa shape index (κ1) is 27.0. The van der Waals surface area contributed by atoms with E-state index >= 15 is 0 Å². The molecule has 0 heterocycles. The second-order valence-electron chi connectivity index (χ2n) is 9.86. The molecule has 0 radical (unpaired) electrons. The van der Waals surface area contributed by atoms with Crippen LogP contribution in [0.15, 0.2) is 0 Å². The van der Waals surface area contributed by atoms with Gasteiger partial charge in [-0.1, -0.05) is 126 Å². The Hall–Kier alpha value is 0. The van der Waals surface area contributed by atoms with Crippen molar-refractivity contribution in [1.29, 1.82) is 0 Å². The molecule has 0 bridgehead atoms. The van der Waals surface area contributed by atoms with E-state index in [2.05, 4.69) is 41.5 Å². The van der Waals surface area contributed by atoms with Crippen molar-refractivity contribution in [2.45, 2.75) is 139 Å². The highest BCUT2D eigenvalue weighted by Gasteiger charge is 2.28. The third-order valence-electron chi connectivity index (χ3n) is 7.41. The lowest BCUT2D eigenvalue weighted by Crippen LogP contribution is -2.27. The van der Waals surface area contributed by atoms with E-state index in [1.165, 1.54) is 77.0 Å². The molecule has 0 nitrogen and oxygen atoms in total. The van der Waals surface area contributed by atoms with Crippen LogP contribution in [0, 0.1) is 35.5 Å². The third kappa shape index (κ3) is 11.6. The Morgan fingerprint density at radius 2 is 1.30 bits per heavy atom. The summed E-state index contributed by atoms with van der Waals surface area (Å²) < 4.78 is 0. The van der Waals surface area contributed by atoms with Crippen molar-refractivity contribution in [3.05, 3.63) is 0 Å². The molecule has 0 aromatic carbocycles. The van der Waals surface area contributed by atoms with Crippen LogP contribution in [0.25, 0.3) is 0 Å². The summed E-state index contributed by atoms with van der Waals surface area (Å²) in [6.07, 6.45) is 19.3. The van der Waals surface area contributed by atoms with Crippen LogP contribution in [-0.2, 0) is 0 Å². The lowest BCUT2D eigenvalue weighted by Gasteiger charge is -2.36. The van der Waals surface area contributed by atoms with E-state index < -0.39 is 0 Å². The van der Waals surface area contributed by atoms with Crippen molar-refractivity contribution in [1.82, 2.24) is 0 Å². The monoisotopic (exact) mass is 380 g/mol. The van der Waals surface area contributed by atoms with Crippen LogP contribution in [-0.4, -0.2) is 0 Å². The largest absolute Gasteiger partial charge is 0.0683 e. The fraction of sp³-hybridized carbons (Fsp3) is 1.00. The average Bonchev–Trinajstić information content (AvgIpc) is 2.67. The summed E-state index contributed by atoms with van der Waals surface area (Å²) in [7, 11) is 0. The summed E-state index contributed by atoms with van der Waals surface area (Å²) in [5.41, 5.74) is 0. The molecule has 2 fully saturated rings. The Morgan fingerprint density at radius 1 is 0.741 bits per heavy atom. The second-order valence-corrected chi connectivity index (χ2v) is 9.86. The first-order valence-corrected chi connectivity index (χ1v) is 13.0. The standard InChI is InChI=1S/C14H28.C11H22.C2H6/c1-3-8-13(9-4-2)12-14-10-6-5-7-11-14;1-8(2)11-7-5-6-9(3)10(11)4;1-2/h13-14H,3-12H2,1-2H3;8-11H,5-7H2,1-4H3;1-2H3. The molecule has 0 amide bonds. The molecule has 0 heteroatoms. The molecular weight excluding hydrogens is 324 g/mol. The summed E-state index contributed by atoms with van der Waals surface area (Å²) in [5, 5.41) is 0. The van der Waals surface area contributed by atoms with Crippen LogP contribution in [0.5, 0.6) is 0 Å². The minimum absolute atomic E-state index is 0.896. The molecule has 2 saturated carbocycles. The maximum atomic E-state index is 2.44. The maximum Gasteiger partial charge on any atom is -0.0363 e. The van der Waals surface area contributed by atoms with Gasteiger partial charge in [0.1, 0.15) is 0 Å². The zero-order valence-corrected chi connectivity index (χ0v) is 20.7. The smallest absolute Gasteiger partial charge is 0.0363 e. The van der Waals surface area contributed by atoms with Gasteiger partial charge < -0.3 is 0 Å². The Kier molecular flexibility index (Phi) is 16.9. The summed E-state index contributed by atoms with van der Waals surface area (Å²) in [5.74, 6) is 5.96. The summed E-state index contributed by atoms with van der Waals surface area (Å²) in [6.45, 7) is 18.3. The zero-order chi connectivity index (χ0) is 20.7. The van der Waals surface area contributed by atoms with E-state index in [1.54, 1.807) is 6.42 Å². The van der Waals surface area contributed by atoms with Gasteiger partial charge in [-0.3, -0.25) is 0 Å². The normalized spacial score (nSPS) is 26.2. The second kappa shape index (κ2) is 16.9. The van der Waals surface area contributed by atoms with Gasteiger partial charge in [0.05, 0.1) is 0 Å². The van der Waals surface area contributed by atoms with E-state index in [0.29, 0.717) is 0 Å². The first-order valence-electron chi connectivity index (χ1n) is 13.0. The van der Waals surface area contributed by atoms with Gasteiger partial charge in [0.2, 0.25) is 0 Å². The van der Waals surface area contributed by atoms with Gasteiger partial charge in [-0.2, -0.15) is 0 Å². The van der Waals surface area contributed by atoms with Crippen LogP contribution in [0.1, 0.15) is 139 Å². The fourth-order valence-electron chi connectivity index (χ4n) is 5.65. The molecule has 3 unspecified atom stereocenters. The molecule has 0 N–H and O–H groups in total. The molecule has 0 aromatic rings. The molecule has 2 aliphatic rings. The van der Waals surface area contributed by atoms with Gasteiger partial charge in [0.15, 0.2) is 0 Å². The van der Waals surface area contributed by atoms with Crippen molar-refractivity contribution in [3.63, 3.8) is 0 Å². The highest BCUT2D eigenvalue weighted by molar-refractivity contribution is 4.78. The summed E-state index contributed by atoms with van der Waals surface area (Å²) in [4.78, 5) is 0. The van der Waals surface area contributed by atoms with Crippen molar-refractivity contribution in [2.24, 2.45) is 35.5 Å². The van der Waals surface area contributed by atoms with E-state index in [4.69, 9.17) is 0 Å². The summed E-state index contributed by atoms with van der Waals surface area (Å²) in [6, 6.07) is 0. The van der Waals surface area contributed by atoms with E-state index in [9.17, 15) is 0 Å². The molecule has 2 rings (SSSR count). The van der Waals surface area contributed by atoms with Crippen LogP contribution < -0.4 is 0 Å². The third-order valence-corrected chi connectivity index (χ3v) is 7.41. The summed E-state index contributed by atoms with van der Waals surface area (Å²) >= 11 is 0. The van der Waals surface area contributed by atoms with Crippen LogP contribution >= 0.6 is 0 Å². The molecule has 27 heavy (non-hydrogen) atoms. The van der Waals surface area contributed by atoms with Gasteiger partial charge in [0.25, 0.3) is 0 Å². The van der Waals surface area contributed by atoms with Gasteiger partial charge >= 0.3 is 0 Å². The van der Waals surface area contributed by atoms with Crippen molar-refractivity contribution >= 4 is 0 Å². The molecule has 0 saturated heterocycles. The Labute approximate surface area is 174 Å². The molecule has 2 aliphatic carbocycles. The molecule has 0 spiro atoms. The van der Waals surface area contributed by atoms with Gasteiger partial charge in [-0.05, 0) is 48.3 Å². The SMILES string of the molecule is CC.CC(C)C1CCCC(C)C1C.CCCC(CCC)CC1CCCCC1. The Bertz CT molecular complexity index is 293. The van der Waals surface area contributed by atoms with Crippen LogP contribution in [0.4, 0.5) is 0 Å². The van der Waals surface area contributed by atoms with Gasteiger partial charge in [-0.25, -0.2) is 0 Å². The van der Waals surface area contributed by atoms with E-state index in [0.717, 1.165) is 35.5 Å². The molecule has 164 valence electrons. The molecular formula is C27H56. The highest BCUT2D eigenvalue weighted by Crippen LogP contribution is 2.38. The minimum atomic E-state index is 0.896.